The monoisotopic (exact) mass is 239 g/mol. The van der Waals surface area contributed by atoms with Gasteiger partial charge in [0.1, 0.15) is 0 Å². The molecule has 0 aromatic heterocycles. The summed E-state index contributed by atoms with van der Waals surface area (Å²) in [5.41, 5.74) is 2.41. The summed E-state index contributed by atoms with van der Waals surface area (Å²) in [5.74, 6) is 1.03. The van der Waals surface area contributed by atoms with Crippen LogP contribution in [0.2, 0.25) is 0 Å². The van der Waals surface area contributed by atoms with Crippen LogP contribution in [0.4, 0.5) is 0 Å². The Hall–Kier alpha value is -0.470. The van der Waals surface area contributed by atoms with Crippen LogP contribution in [0.3, 0.4) is 0 Å². The van der Waals surface area contributed by atoms with Gasteiger partial charge in [0.05, 0.1) is 0 Å². The summed E-state index contributed by atoms with van der Waals surface area (Å²) < 4.78 is 0. The Morgan fingerprint density at radius 2 is 2.00 bits per heavy atom. The van der Waals surface area contributed by atoms with Gasteiger partial charge in [-0.3, -0.25) is 0 Å². The summed E-state index contributed by atoms with van der Waals surface area (Å²) in [5, 5.41) is 5.56. The van der Waals surface area contributed by atoms with Gasteiger partial charge in [0.25, 0.3) is 0 Å². The maximum absolute atomic E-state index is 4.07. The first kappa shape index (κ1) is 15.5. The smallest absolute Gasteiger partial charge is 0.0159 e. The molecule has 0 heterocycles. The fraction of sp³-hybridized carbons (Fsp3) is 0.571. The molecule has 16 heavy (non-hydrogen) atoms. The van der Waals surface area contributed by atoms with Crippen LogP contribution in [-0.2, 0) is 0 Å². The van der Waals surface area contributed by atoms with Crippen LogP contribution in [0.5, 0.6) is 0 Å². The topological polar surface area (TPSA) is 12.0 Å². The molecule has 2 unspecified atom stereocenters. The van der Waals surface area contributed by atoms with E-state index in [1.165, 1.54) is 11.1 Å². The highest BCUT2D eigenvalue weighted by molar-refractivity contribution is 8.01. The number of hydrogen-bond donors (Lipinski definition) is 1. The Morgan fingerprint density at radius 3 is 2.44 bits per heavy atom. The van der Waals surface area contributed by atoms with Gasteiger partial charge in [-0.25, -0.2) is 0 Å². The van der Waals surface area contributed by atoms with Crippen molar-refractivity contribution in [3.63, 3.8) is 0 Å². The Balaban J connectivity index is 4.17. The minimum atomic E-state index is 0.463. The largest absolute Gasteiger partial charge is 0.313 e. The molecule has 2 heteroatoms. The molecular formula is C14H25NS. The van der Waals surface area contributed by atoms with Crippen LogP contribution in [-0.4, -0.2) is 19.3 Å². The van der Waals surface area contributed by atoms with Crippen molar-refractivity contribution >= 4 is 11.8 Å². The average molecular weight is 239 g/mol. The lowest BCUT2D eigenvalue weighted by Gasteiger charge is -2.21. The summed E-state index contributed by atoms with van der Waals surface area (Å²) in [6.45, 7) is 16.3. The number of hydrogen-bond acceptors (Lipinski definition) is 2. The van der Waals surface area contributed by atoms with Gasteiger partial charge in [0.2, 0.25) is 0 Å². The van der Waals surface area contributed by atoms with Gasteiger partial charge in [0.15, 0.2) is 0 Å². The predicted octanol–water partition coefficient (Wildman–Crippen LogP) is 3.86. The molecule has 2 atom stereocenters. The van der Waals surface area contributed by atoms with Crippen molar-refractivity contribution in [2.45, 2.75) is 20.8 Å². The number of nitrogens with one attached hydrogen (secondary N) is 1. The molecule has 0 rings (SSSR count). The minimum Gasteiger partial charge on any atom is -0.313 e. The van der Waals surface area contributed by atoms with Crippen molar-refractivity contribution in [2.75, 3.05) is 19.3 Å². The van der Waals surface area contributed by atoms with Crippen molar-refractivity contribution < 1.29 is 0 Å². The molecule has 0 aliphatic heterocycles. The highest BCUT2D eigenvalue weighted by Crippen LogP contribution is 2.21. The zero-order chi connectivity index (χ0) is 12.6. The second kappa shape index (κ2) is 8.66. The van der Waals surface area contributed by atoms with E-state index >= 15 is 0 Å². The minimum absolute atomic E-state index is 0.463. The number of allylic oxidation sites excluding steroid dienone is 2. The van der Waals surface area contributed by atoms with Crippen LogP contribution in [0.15, 0.2) is 35.8 Å². The van der Waals surface area contributed by atoms with E-state index in [4.69, 9.17) is 0 Å². The Morgan fingerprint density at radius 1 is 1.38 bits per heavy atom. The highest BCUT2D eigenvalue weighted by atomic mass is 32.2. The van der Waals surface area contributed by atoms with Gasteiger partial charge in [-0.2, -0.15) is 0 Å². The van der Waals surface area contributed by atoms with Crippen LogP contribution >= 0.6 is 11.8 Å². The normalized spacial score (nSPS) is 15.0. The standard InChI is InChI=1S/C14H25NS/c1-11(2)9-15-10-13(5)14(12(3)4)7-8-16-6/h7-8,13-15H,1,3,9-10H2,2,4-6H3/b8-7-. The molecule has 0 saturated heterocycles. The van der Waals surface area contributed by atoms with Crippen molar-refractivity contribution in [1.29, 1.82) is 0 Å². The molecule has 0 bridgehead atoms. The Bertz CT molecular complexity index is 255. The van der Waals surface area contributed by atoms with Crippen molar-refractivity contribution in [3.8, 4) is 0 Å². The zero-order valence-corrected chi connectivity index (χ0v) is 11.9. The second-order valence-corrected chi connectivity index (χ2v) is 5.25. The quantitative estimate of drug-likeness (QED) is 0.646. The van der Waals surface area contributed by atoms with Crippen molar-refractivity contribution in [1.82, 2.24) is 5.32 Å². The molecule has 0 amide bonds. The van der Waals surface area contributed by atoms with E-state index in [1.807, 2.05) is 6.92 Å². The third kappa shape index (κ3) is 6.91. The van der Waals surface area contributed by atoms with E-state index < -0.39 is 0 Å². The maximum atomic E-state index is 4.07. The van der Waals surface area contributed by atoms with Crippen molar-refractivity contribution in [2.24, 2.45) is 11.8 Å². The summed E-state index contributed by atoms with van der Waals surface area (Å²) in [6, 6.07) is 0. The van der Waals surface area contributed by atoms with E-state index in [-0.39, 0.29) is 0 Å². The Kier molecular flexibility index (Phi) is 8.40. The fourth-order valence-electron chi connectivity index (χ4n) is 1.64. The van der Waals surface area contributed by atoms with E-state index in [1.54, 1.807) is 11.8 Å². The zero-order valence-electron chi connectivity index (χ0n) is 11.0. The van der Waals surface area contributed by atoms with Crippen LogP contribution in [0.1, 0.15) is 20.8 Å². The summed E-state index contributed by atoms with van der Waals surface area (Å²) in [7, 11) is 0. The van der Waals surface area contributed by atoms with Crippen LogP contribution in [0.25, 0.3) is 0 Å². The maximum Gasteiger partial charge on any atom is 0.0159 e. The third-order valence-electron chi connectivity index (χ3n) is 2.50. The first-order chi connectivity index (χ1) is 7.49. The lowest BCUT2D eigenvalue weighted by molar-refractivity contribution is 0.450. The first-order valence-electron chi connectivity index (χ1n) is 5.69. The molecule has 0 aliphatic carbocycles. The Labute approximate surface area is 105 Å². The summed E-state index contributed by atoms with van der Waals surface area (Å²) in [6.07, 6.45) is 4.33. The molecule has 92 valence electrons. The molecule has 0 aromatic rings. The average Bonchev–Trinajstić information content (AvgIpc) is 2.17. The first-order valence-corrected chi connectivity index (χ1v) is 6.97. The van der Waals surface area contributed by atoms with Gasteiger partial charge in [-0.15, -0.1) is 11.8 Å². The van der Waals surface area contributed by atoms with Gasteiger partial charge in [-0.05, 0) is 38.0 Å². The van der Waals surface area contributed by atoms with Gasteiger partial charge in [-0.1, -0.05) is 37.3 Å². The molecule has 1 N–H and O–H groups in total. The fourth-order valence-corrected chi connectivity index (χ4v) is 1.97. The molecule has 0 spiro atoms. The van der Waals surface area contributed by atoms with E-state index in [0.717, 1.165) is 13.1 Å². The molecule has 0 aliphatic rings. The second-order valence-electron chi connectivity index (χ2n) is 4.50. The highest BCUT2D eigenvalue weighted by Gasteiger charge is 2.14. The van der Waals surface area contributed by atoms with Gasteiger partial charge in [0, 0.05) is 12.5 Å². The lowest BCUT2D eigenvalue weighted by atomic mass is 9.88. The van der Waals surface area contributed by atoms with Gasteiger partial charge < -0.3 is 5.32 Å². The SMILES string of the molecule is C=C(C)CNCC(C)C(/C=C\SC)C(=C)C. The van der Waals surface area contributed by atoms with Crippen LogP contribution in [0, 0.1) is 11.8 Å². The van der Waals surface area contributed by atoms with E-state index in [9.17, 15) is 0 Å². The molecule has 0 saturated carbocycles. The molecule has 1 nitrogen and oxygen atoms in total. The molecule has 0 aromatic carbocycles. The van der Waals surface area contributed by atoms with Crippen molar-refractivity contribution in [3.05, 3.63) is 35.8 Å². The van der Waals surface area contributed by atoms with E-state index in [0.29, 0.717) is 11.8 Å². The number of rotatable bonds is 8. The molecular weight excluding hydrogens is 214 g/mol. The third-order valence-corrected chi connectivity index (χ3v) is 2.93. The molecule has 0 radical (unpaired) electrons. The summed E-state index contributed by atoms with van der Waals surface area (Å²) in [4.78, 5) is 0. The van der Waals surface area contributed by atoms with Gasteiger partial charge >= 0.3 is 0 Å². The molecule has 0 fully saturated rings. The number of thioether (sulfide) groups is 1. The summed E-state index contributed by atoms with van der Waals surface area (Å²) >= 11 is 1.74. The van der Waals surface area contributed by atoms with Crippen LogP contribution < -0.4 is 5.32 Å². The van der Waals surface area contributed by atoms with E-state index in [2.05, 4.69) is 50.1 Å². The lowest BCUT2D eigenvalue weighted by Crippen LogP contribution is -2.27. The predicted molar refractivity (Wildman–Crippen MR) is 77.8 cm³/mol.